The topological polar surface area (TPSA) is 44.1 Å². The van der Waals surface area contributed by atoms with Crippen molar-refractivity contribution in [2.45, 2.75) is 63.6 Å². The molecule has 3 rings (SSSR count). The predicted octanol–water partition coefficient (Wildman–Crippen LogP) is 4.39. The van der Waals surface area contributed by atoms with E-state index < -0.39 is 41.7 Å². The summed E-state index contributed by atoms with van der Waals surface area (Å²) in [7, 11) is 0. The zero-order valence-electron chi connectivity index (χ0n) is 13.7. The molecule has 0 aliphatic heterocycles. The van der Waals surface area contributed by atoms with E-state index >= 15 is 0 Å². The molecule has 1 aromatic rings. The second-order valence-electron chi connectivity index (χ2n) is 6.75. The second-order valence-corrected chi connectivity index (χ2v) is 6.75. The molecular formula is C16H19F5N2O2. The van der Waals surface area contributed by atoms with Crippen LogP contribution in [0.2, 0.25) is 0 Å². The Kier molecular flexibility index (Phi) is 4.53. The Hall–Kier alpha value is -1.67. The molecule has 1 heterocycles. The van der Waals surface area contributed by atoms with Gasteiger partial charge in [0.2, 0.25) is 5.92 Å². The van der Waals surface area contributed by atoms with Gasteiger partial charge in [0.15, 0.2) is 5.69 Å². The number of carbonyl (C=O) groups excluding carboxylic acids is 1. The van der Waals surface area contributed by atoms with E-state index in [0.29, 0.717) is 12.8 Å². The van der Waals surface area contributed by atoms with E-state index in [0.717, 1.165) is 4.68 Å². The van der Waals surface area contributed by atoms with Crippen molar-refractivity contribution in [1.29, 1.82) is 0 Å². The molecular weight excluding hydrogens is 347 g/mol. The number of hydrogen-bond acceptors (Lipinski definition) is 3. The van der Waals surface area contributed by atoms with E-state index in [-0.39, 0.29) is 37.6 Å². The van der Waals surface area contributed by atoms with Gasteiger partial charge < -0.3 is 4.74 Å². The van der Waals surface area contributed by atoms with E-state index in [2.05, 4.69) is 5.10 Å². The lowest BCUT2D eigenvalue weighted by Crippen LogP contribution is -2.21. The maximum atomic E-state index is 13.6. The highest BCUT2D eigenvalue weighted by Gasteiger charge is 2.47. The van der Waals surface area contributed by atoms with Crippen molar-refractivity contribution in [3.8, 4) is 0 Å². The summed E-state index contributed by atoms with van der Waals surface area (Å²) in [6.07, 6.45) is -4.12. The summed E-state index contributed by atoms with van der Waals surface area (Å²) in [5.41, 5.74) is -1.90. The SMILES string of the molecule is CCOC(=O)c1c(C(F)(F)F)c(C2CC2)nn1CC1CCC(F)(F)C1. The normalized spacial score (nSPS) is 23.0. The molecule has 9 heteroatoms. The number of carbonyl (C=O) groups is 1. The molecule has 0 radical (unpaired) electrons. The third kappa shape index (κ3) is 3.79. The van der Waals surface area contributed by atoms with Crippen LogP contribution in [-0.2, 0) is 17.5 Å². The number of aromatic nitrogens is 2. The van der Waals surface area contributed by atoms with Gasteiger partial charge in [0.1, 0.15) is 5.56 Å². The summed E-state index contributed by atoms with van der Waals surface area (Å²) in [4.78, 5) is 12.2. The number of halogens is 5. The summed E-state index contributed by atoms with van der Waals surface area (Å²) in [5.74, 6) is -4.78. The highest BCUT2D eigenvalue weighted by atomic mass is 19.4. The molecule has 2 aliphatic rings. The smallest absolute Gasteiger partial charge is 0.420 e. The van der Waals surface area contributed by atoms with Crippen molar-refractivity contribution in [3.63, 3.8) is 0 Å². The molecule has 0 N–H and O–H groups in total. The van der Waals surface area contributed by atoms with Crippen molar-refractivity contribution >= 4 is 5.97 Å². The molecule has 0 spiro atoms. The molecule has 2 fully saturated rings. The van der Waals surface area contributed by atoms with Gasteiger partial charge in [-0.25, -0.2) is 13.6 Å². The Morgan fingerprint density at radius 1 is 1.32 bits per heavy atom. The van der Waals surface area contributed by atoms with Crippen LogP contribution < -0.4 is 0 Å². The Labute approximate surface area is 141 Å². The number of hydrogen-bond donors (Lipinski definition) is 0. The molecule has 0 saturated heterocycles. The van der Waals surface area contributed by atoms with E-state index in [9.17, 15) is 26.7 Å². The Morgan fingerprint density at radius 2 is 2.00 bits per heavy atom. The molecule has 140 valence electrons. The molecule has 0 aromatic carbocycles. The van der Waals surface area contributed by atoms with Crippen molar-refractivity contribution in [3.05, 3.63) is 17.0 Å². The van der Waals surface area contributed by atoms with Gasteiger partial charge in [-0.2, -0.15) is 18.3 Å². The lowest BCUT2D eigenvalue weighted by atomic mass is 10.1. The highest BCUT2D eigenvalue weighted by Crippen LogP contribution is 2.47. The minimum atomic E-state index is -4.75. The fourth-order valence-corrected chi connectivity index (χ4v) is 3.38. The van der Waals surface area contributed by atoms with E-state index in [1.807, 2.05) is 0 Å². The Bertz CT molecular complexity index is 664. The highest BCUT2D eigenvalue weighted by molar-refractivity contribution is 5.90. The average molecular weight is 366 g/mol. The largest absolute Gasteiger partial charge is 0.461 e. The molecule has 2 saturated carbocycles. The molecule has 1 aromatic heterocycles. The monoisotopic (exact) mass is 366 g/mol. The van der Waals surface area contributed by atoms with Crippen LogP contribution in [0.3, 0.4) is 0 Å². The second kappa shape index (κ2) is 6.25. The van der Waals surface area contributed by atoms with Gasteiger partial charge in [0, 0.05) is 25.3 Å². The number of alkyl halides is 5. The fourth-order valence-electron chi connectivity index (χ4n) is 3.38. The number of nitrogens with zero attached hydrogens (tertiary/aromatic N) is 2. The molecule has 1 unspecified atom stereocenters. The van der Waals surface area contributed by atoms with Gasteiger partial charge in [-0.05, 0) is 32.1 Å². The third-order valence-electron chi connectivity index (χ3n) is 4.63. The maximum absolute atomic E-state index is 13.6. The lowest BCUT2D eigenvalue weighted by Gasteiger charge is -2.14. The summed E-state index contributed by atoms with van der Waals surface area (Å²) < 4.78 is 73.2. The molecule has 1 atom stereocenters. The minimum Gasteiger partial charge on any atom is -0.461 e. The zero-order chi connectivity index (χ0) is 18.4. The third-order valence-corrected chi connectivity index (χ3v) is 4.63. The number of rotatable bonds is 5. The molecule has 4 nitrogen and oxygen atoms in total. The van der Waals surface area contributed by atoms with Crippen molar-refractivity contribution in [1.82, 2.24) is 9.78 Å². The average Bonchev–Trinajstić information content (AvgIpc) is 3.17. The Balaban J connectivity index is 2.00. The Morgan fingerprint density at radius 3 is 2.48 bits per heavy atom. The van der Waals surface area contributed by atoms with Crippen LogP contribution in [0.15, 0.2) is 0 Å². The molecule has 0 amide bonds. The van der Waals surface area contributed by atoms with Crippen molar-refractivity contribution < 1.29 is 31.5 Å². The van der Waals surface area contributed by atoms with Crippen LogP contribution in [0, 0.1) is 5.92 Å². The lowest BCUT2D eigenvalue weighted by molar-refractivity contribution is -0.138. The van der Waals surface area contributed by atoms with E-state index in [1.165, 1.54) is 6.92 Å². The van der Waals surface area contributed by atoms with Crippen molar-refractivity contribution in [2.24, 2.45) is 5.92 Å². The van der Waals surface area contributed by atoms with Crippen molar-refractivity contribution in [2.75, 3.05) is 6.61 Å². The zero-order valence-corrected chi connectivity index (χ0v) is 13.7. The first-order chi connectivity index (χ1) is 11.6. The molecule has 0 bridgehead atoms. The van der Waals surface area contributed by atoms with Gasteiger partial charge in [-0.1, -0.05) is 0 Å². The maximum Gasteiger partial charge on any atom is 0.420 e. The van der Waals surface area contributed by atoms with Crippen LogP contribution in [0.25, 0.3) is 0 Å². The van der Waals surface area contributed by atoms with Gasteiger partial charge in [-0.15, -0.1) is 0 Å². The van der Waals surface area contributed by atoms with Gasteiger partial charge in [-0.3, -0.25) is 4.68 Å². The van der Waals surface area contributed by atoms with E-state index in [4.69, 9.17) is 4.74 Å². The summed E-state index contributed by atoms with van der Waals surface area (Å²) >= 11 is 0. The van der Waals surface area contributed by atoms with Crippen LogP contribution in [0.5, 0.6) is 0 Å². The summed E-state index contributed by atoms with van der Waals surface area (Å²) in [5, 5.41) is 4.00. The number of esters is 1. The van der Waals surface area contributed by atoms with Gasteiger partial charge >= 0.3 is 12.1 Å². The van der Waals surface area contributed by atoms with E-state index in [1.54, 1.807) is 0 Å². The first-order valence-electron chi connectivity index (χ1n) is 8.35. The van der Waals surface area contributed by atoms with Crippen LogP contribution in [0.4, 0.5) is 22.0 Å². The predicted molar refractivity (Wildman–Crippen MR) is 77.4 cm³/mol. The van der Waals surface area contributed by atoms with Crippen LogP contribution in [0.1, 0.15) is 66.7 Å². The minimum absolute atomic E-state index is 0.0818. The quantitative estimate of drug-likeness (QED) is 0.573. The van der Waals surface area contributed by atoms with Crippen LogP contribution >= 0.6 is 0 Å². The van der Waals surface area contributed by atoms with Gasteiger partial charge in [0.25, 0.3) is 0 Å². The van der Waals surface area contributed by atoms with Gasteiger partial charge in [0.05, 0.1) is 12.3 Å². The summed E-state index contributed by atoms with van der Waals surface area (Å²) in [6.45, 7) is 1.27. The molecule has 2 aliphatic carbocycles. The first kappa shape index (κ1) is 18.1. The first-order valence-corrected chi connectivity index (χ1v) is 8.35. The molecule has 25 heavy (non-hydrogen) atoms. The number of ether oxygens (including phenoxy) is 1. The fraction of sp³-hybridized carbons (Fsp3) is 0.750. The van der Waals surface area contributed by atoms with Crippen LogP contribution in [-0.4, -0.2) is 28.3 Å². The summed E-state index contributed by atoms with van der Waals surface area (Å²) in [6, 6.07) is 0. The standard InChI is InChI=1S/C16H19F5N2O2/c1-2-25-14(24)13-11(16(19,20)21)12(10-3-4-10)22-23(13)8-9-5-6-15(17,18)7-9/h9-10H,2-8H2,1H3.